The molecule has 1 fully saturated rings. The topological polar surface area (TPSA) is 62.8 Å². The summed E-state index contributed by atoms with van der Waals surface area (Å²) in [6, 6.07) is 1.92. The van der Waals surface area contributed by atoms with Gasteiger partial charge in [-0.2, -0.15) is 0 Å². The van der Waals surface area contributed by atoms with E-state index in [9.17, 15) is 0 Å². The molecule has 2 rings (SSSR count). The predicted molar refractivity (Wildman–Crippen MR) is 72.7 cm³/mol. The summed E-state index contributed by atoms with van der Waals surface area (Å²) in [5.41, 5.74) is 7.52. The third-order valence-corrected chi connectivity index (χ3v) is 4.56. The molecule has 3 nitrogen and oxygen atoms in total. The second kappa shape index (κ2) is 5.54. The largest absolute Gasteiger partial charge is 0.384 e. The number of rotatable bonds is 3. The summed E-state index contributed by atoms with van der Waals surface area (Å²) in [6.45, 7) is 1.99. The van der Waals surface area contributed by atoms with Crippen molar-refractivity contribution in [1.29, 1.82) is 5.41 Å². The molecule has 17 heavy (non-hydrogen) atoms. The number of nitrogens with two attached hydrogens (primary N) is 1. The van der Waals surface area contributed by atoms with Crippen molar-refractivity contribution < 1.29 is 0 Å². The maximum atomic E-state index is 7.66. The molecule has 1 aliphatic carbocycles. The maximum Gasteiger partial charge on any atom is 0.125 e. The van der Waals surface area contributed by atoms with Crippen LogP contribution in [0, 0.1) is 12.3 Å². The highest BCUT2D eigenvalue weighted by molar-refractivity contribution is 7.99. The number of nitrogen functional groups attached to an aromatic ring is 1. The van der Waals surface area contributed by atoms with Gasteiger partial charge < -0.3 is 5.73 Å². The van der Waals surface area contributed by atoms with Gasteiger partial charge in [-0.1, -0.05) is 19.3 Å². The number of pyridine rings is 1. The van der Waals surface area contributed by atoms with E-state index in [2.05, 4.69) is 4.98 Å². The summed E-state index contributed by atoms with van der Waals surface area (Å²) in [4.78, 5) is 4.40. The standard InChI is InChI=1S/C13H19N3S/c1-9-7-8-16-13(11(9)12(14)15)17-10-5-3-2-4-6-10/h7-8,10H,2-6H2,1H3,(H3,14,15). The summed E-state index contributed by atoms with van der Waals surface area (Å²) in [7, 11) is 0. The Balaban J connectivity index is 2.19. The molecule has 1 aliphatic rings. The Morgan fingerprint density at radius 3 is 2.76 bits per heavy atom. The van der Waals surface area contributed by atoms with Crippen molar-refractivity contribution in [3.63, 3.8) is 0 Å². The van der Waals surface area contributed by atoms with Crippen LogP contribution in [0.5, 0.6) is 0 Å². The molecule has 0 amide bonds. The van der Waals surface area contributed by atoms with E-state index in [-0.39, 0.29) is 5.84 Å². The van der Waals surface area contributed by atoms with Crippen LogP contribution in [0.3, 0.4) is 0 Å². The van der Waals surface area contributed by atoms with Crippen molar-refractivity contribution in [2.75, 3.05) is 0 Å². The van der Waals surface area contributed by atoms with Gasteiger partial charge in [0.1, 0.15) is 10.9 Å². The second-order valence-electron chi connectivity index (χ2n) is 4.60. The first-order valence-electron chi connectivity index (χ1n) is 6.15. The third kappa shape index (κ3) is 3.00. The molecule has 0 unspecified atom stereocenters. The number of aryl methyl sites for hydroxylation is 1. The molecule has 1 heterocycles. The van der Waals surface area contributed by atoms with Crippen LogP contribution in [-0.4, -0.2) is 16.1 Å². The summed E-state index contributed by atoms with van der Waals surface area (Å²) >= 11 is 1.80. The van der Waals surface area contributed by atoms with Gasteiger partial charge in [0.15, 0.2) is 0 Å². The van der Waals surface area contributed by atoms with Crippen LogP contribution in [0.1, 0.15) is 43.2 Å². The molecule has 1 aromatic rings. The Hall–Kier alpha value is -1.03. The summed E-state index contributed by atoms with van der Waals surface area (Å²) in [5.74, 6) is 0.133. The van der Waals surface area contributed by atoms with Gasteiger partial charge in [-0.15, -0.1) is 11.8 Å². The Morgan fingerprint density at radius 2 is 2.12 bits per heavy atom. The van der Waals surface area contributed by atoms with Crippen molar-refractivity contribution in [2.45, 2.75) is 49.3 Å². The van der Waals surface area contributed by atoms with Gasteiger partial charge >= 0.3 is 0 Å². The second-order valence-corrected chi connectivity index (χ2v) is 5.89. The molecule has 92 valence electrons. The van der Waals surface area contributed by atoms with E-state index in [1.165, 1.54) is 32.1 Å². The molecule has 0 saturated heterocycles. The quantitative estimate of drug-likeness (QED) is 0.639. The monoisotopic (exact) mass is 249 g/mol. The van der Waals surface area contributed by atoms with Gasteiger partial charge in [0.25, 0.3) is 0 Å². The highest BCUT2D eigenvalue weighted by Crippen LogP contribution is 2.34. The minimum atomic E-state index is 0.133. The van der Waals surface area contributed by atoms with Crippen LogP contribution < -0.4 is 5.73 Å². The number of amidine groups is 1. The Labute approximate surface area is 107 Å². The van der Waals surface area contributed by atoms with Crippen molar-refractivity contribution >= 4 is 17.6 Å². The normalized spacial score (nSPS) is 17.0. The fraction of sp³-hybridized carbons (Fsp3) is 0.538. The summed E-state index contributed by atoms with van der Waals surface area (Å²) in [6.07, 6.45) is 8.33. The van der Waals surface area contributed by atoms with Crippen molar-refractivity contribution in [3.8, 4) is 0 Å². The molecule has 0 aliphatic heterocycles. The zero-order valence-electron chi connectivity index (χ0n) is 10.2. The Kier molecular flexibility index (Phi) is 4.05. The zero-order valence-corrected chi connectivity index (χ0v) is 11.0. The predicted octanol–water partition coefficient (Wildman–Crippen LogP) is 3.10. The lowest BCUT2D eigenvalue weighted by Gasteiger charge is -2.21. The van der Waals surface area contributed by atoms with Gasteiger partial charge in [0.05, 0.1) is 5.56 Å². The van der Waals surface area contributed by atoms with Gasteiger partial charge in [0.2, 0.25) is 0 Å². The molecule has 1 saturated carbocycles. The molecule has 4 heteroatoms. The number of hydrogen-bond acceptors (Lipinski definition) is 3. The highest BCUT2D eigenvalue weighted by atomic mass is 32.2. The van der Waals surface area contributed by atoms with Gasteiger partial charge in [-0.25, -0.2) is 4.98 Å². The molecule has 0 aromatic carbocycles. The van der Waals surface area contributed by atoms with E-state index < -0.39 is 0 Å². The van der Waals surface area contributed by atoms with Crippen molar-refractivity contribution in [1.82, 2.24) is 4.98 Å². The van der Waals surface area contributed by atoms with Crippen LogP contribution in [0.2, 0.25) is 0 Å². The van der Waals surface area contributed by atoms with Gasteiger partial charge in [-0.05, 0) is 31.4 Å². The van der Waals surface area contributed by atoms with Gasteiger partial charge in [0, 0.05) is 11.4 Å². The molecular formula is C13H19N3S. The van der Waals surface area contributed by atoms with E-state index in [1.807, 2.05) is 19.2 Å². The number of nitrogens with zero attached hydrogens (tertiary/aromatic N) is 1. The zero-order chi connectivity index (χ0) is 12.3. The molecule has 0 bridgehead atoms. The van der Waals surface area contributed by atoms with E-state index >= 15 is 0 Å². The van der Waals surface area contributed by atoms with Crippen LogP contribution >= 0.6 is 11.8 Å². The van der Waals surface area contributed by atoms with Crippen LogP contribution in [0.4, 0.5) is 0 Å². The first kappa shape index (κ1) is 12.4. The van der Waals surface area contributed by atoms with E-state index in [1.54, 1.807) is 11.8 Å². The molecule has 3 N–H and O–H groups in total. The fourth-order valence-corrected chi connectivity index (χ4v) is 3.69. The van der Waals surface area contributed by atoms with Crippen LogP contribution in [0.25, 0.3) is 0 Å². The van der Waals surface area contributed by atoms with Crippen LogP contribution in [0.15, 0.2) is 17.3 Å². The highest BCUT2D eigenvalue weighted by Gasteiger charge is 2.18. The van der Waals surface area contributed by atoms with Gasteiger partial charge in [-0.3, -0.25) is 5.41 Å². The smallest absolute Gasteiger partial charge is 0.125 e. The SMILES string of the molecule is Cc1ccnc(SC2CCCCC2)c1C(=N)N. The summed E-state index contributed by atoms with van der Waals surface area (Å²) in [5, 5.41) is 9.24. The number of aromatic nitrogens is 1. The van der Waals surface area contributed by atoms with E-state index in [0.717, 1.165) is 16.2 Å². The lowest BCUT2D eigenvalue weighted by Crippen LogP contribution is -2.16. The van der Waals surface area contributed by atoms with Crippen molar-refractivity contribution in [2.24, 2.45) is 5.73 Å². The molecular weight excluding hydrogens is 230 g/mol. The minimum absolute atomic E-state index is 0.133. The average molecular weight is 249 g/mol. The maximum absolute atomic E-state index is 7.66. The molecule has 0 spiro atoms. The molecule has 0 radical (unpaired) electrons. The lowest BCUT2D eigenvalue weighted by molar-refractivity contribution is 0.515. The Morgan fingerprint density at radius 1 is 1.41 bits per heavy atom. The van der Waals surface area contributed by atoms with E-state index in [4.69, 9.17) is 11.1 Å². The van der Waals surface area contributed by atoms with Crippen LogP contribution in [-0.2, 0) is 0 Å². The van der Waals surface area contributed by atoms with Crippen molar-refractivity contribution in [3.05, 3.63) is 23.4 Å². The molecule has 1 aromatic heterocycles. The summed E-state index contributed by atoms with van der Waals surface area (Å²) < 4.78 is 0. The number of nitrogens with one attached hydrogen (secondary N) is 1. The first-order chi connectivity index (χ1) is 8.18. The minimum Gasteiger partial charge on any atom is -0.384 e. The average Bonchev–Trinajstić information content (AvgIpc) is 2.30. The number of thioether (sulfide) groups is 1. The third-order valence-electron chi connectivity index (χ3n) is 3.22. The molecule has 0 atom stereocenters. The first-order valence-corrected chi connectivity index (χ1v) is 7.03. The lowest BCUT2D eigenvalue weighted by atomic mass is 10.0. The number of hydrogen-bond donors (Lipinski definition) is 2. The van der Waals surface area contributed by atoms with E-state index in [0.29, 0.717) is 5.25 Å². The Bertz CT molecular complexity index is 411. The fourth-order valence-electron chi connectivity index (χ4n) is 2.29.